The molecule has 0 radical (unpaired) electrons. The van der Waals surface area contributed by atoms with Gasteiger partial charge in [-0.25, -0.2) is 13.4 Å². The fourth-order valence-corrected chi connectivity index (χ4v) is 6.24. The second-order valence-electron chi connectivity index (χ2n) is 7.15. The van der Waals surface area contributed by atoms with Gasteiger partial charge in [0.15, 0.2) is 0 Å². The number of anilines is 1. The summed E-state index contributed by atoms with van der Waals surface area (Å²) < 4.78 is 27.3. The van der Waals surface area contributed by atoms with Crippen molar-refractivity contribution >= 4 is 49.0 Å². The Kier molecular flexibility index (Phi) is 4.46. The summed E-state index contributed by atoms with van der Waals surface area (Å²) in [7, 11) is -3.67. The molecule has 0 saturated carbocycles. The molecular weight excluding hydrogens is 452 g/mol. The van der Waals surface area contributed by atoms with E-state index in [1.807, 2.05) is 6.07 Å². The molecule has 3 heterocycles. The first-order valence-corrected chi connectivity index (χ1v) is 11.8. The number of nitrogens with two attached hydrogens (primary N) is 1. The molecule has 32 heavy (non-hydrogen) atoms. The van der Waals surface area contributed by atoms with Crippen LogP contribution in [0.1, 0.15) is 26.3 Å². The zero-order valence-electron chi connectivity index (χ0n) is 16.2. The molecule has 2 amide bonds. The van der Waals surface area contributed by atoms with Crippen molar-refractivity contribution in [1.29, 1.82) is 0 Å². The largest absolute Gasteiger partial charge is 0.384 e. The minimum atomic E-state index is -3.67. The predicted molar refractivity (Wildman–Crippen MR) is 119 cm³/mol. The summed E-state index contributed by atoms with van der Waals surface area (Å²) in [4.78, 5) is 40.8. The lowest BCUT2D eigenvalue weighted by Gasteiger charge is -2.11. The highest BCUT2D eigenvalue weighted by Crippen LogP contribution is 2.30. The Bertz CT molecular complexity index is 1600. The van der Waals surface area contributed by atoms with Crippen LogP contribution in [0.3, 0.4) is 0 Å². The molecule has 4 aromatic rings. The topological polar surface area (TPSA) is 141 Å². The number of aromatic nitrogens is 2. The first-order chi connectivity index (χ1) is 15.2. The van der Waals surface area contributed by atoms with Crippen molar-refractivity contribution in [2.75, 3.05) is 5.73 Å². The van der Waals surface area contributed by atoms with Crippen molar-refractivity contribution in [1.82, 2.24) is 14.9 Å². The van der Waals surface area contributed by atoms with Gasteiger partial charge in [0.05, 0.1) is 32.8 Å². The van der Waals surface area contributed by atoms with Gasteiger partial charge in [-0.05, 0) is 23.8 Å². The summed E-state index contributed by atoms with van der Waals surface area (Å²) >= 11 is 0.982. The Morgan fingerprint density at radius 3 is 2.50 bits per heavy atom. The summed E-state index contributed by atoms with van der Waals surface area (Å²) in [5, 5.41) is 2.11. The van der Waals surface area contributed by atoms with E-state index in [1.54, 1.807) is 42.5 Å². The average Bonchev–Trinajstić information content (AvgIpc) is 3.29. The average molecular weight is 467 g/mol. The molecule has 0 bridgehead atoms. The van der Waals surface area contributed by atoms with Crippen LogP contribution in [-0.2, 0) is 15.6 Å². The molecule has 0 fully saturated rings. The van der Waals surface area contributed by atoms with Crippen molar-refractivity contribution in [2.24, 2.45) is 0 Å². The Balaban J connectivity index is 1.59. The lowest BCUT2D eigenvalue weighted by atomic mass is 10.1. The second-order valence-corrected chi connectivity index (χ2v) is 10.3. The SMILES string of the molecule is Nc1c2c(cc(=O)n1-c1ccc3nc(S(=O)(=O)Cc4ccccc4)sc3c1)C(=O)NC2=O. The first-order valence-electron chi connectivity index (χ1n) is 9.33. The predicted octanol–water partition coefficient (Wildman–Crippen LogP) is 1.89. The third-order valence-corrected chi connectivity index (χ3v) is 8.19. The van der Waals surface area contributed by atoms with Crippen LogP contribution in [-0.4, -0.2) is 29.8 Å². The van der Waals surface area contributed by atoms with E-state index in [9.17, 15) is 22.8 Å². The van der Waals surface area contributed by atoms with Crippen LogP contribution in [0.5, 0.6) is 0 Å². The van der Waals surface area contributed by atoms with Gasteiger partial charge in [-0.3, -0.25) is 24.3 Å². The molecule has 160 valence electrons. The normalized spacial score (nSPS) is 13.4. The third kappa shape index (κ3) is 3.18. The van der Waals surface area contributed by atoms with E-state index in [0.29, 0.717) is 21.5 Å². The van der Waals surface area contributed by atoms with Gasteiger partial charge in [0.1, 0.15) is 5.82 Å². The van der Waals surface area contributed by atoms with E-state index in [4.69, 9.17) is 5.73 Å². The minimum absolute atomic E-state index is 0.0345. The molecule has 11 heteroatoms. The molecule has 0 atom stereocenters. The molecule has 3 N–H and O–H groups in total. The summed E-state index contributed by atoms with van der Waals surface area (Å²) in [6.45, 7) is 0. The maximum atomic E-state index is 12.8. The zero-order valence-corrected chi connectivity index (χ0v) is 17.9. The molecule has 1 aliphatic heterocycles. The van der Waals surface area contributed by atoms with Crippen LogP contribution in [0.2, 0.25) is 0 Å². The third-order valence-electron chi connectivity index (χ3n) is 5.03. The van der Waals surface area contributed by atoms with E-state index >= 15 is 0 Å². The van der Waals surface area contributed by atoms with Gasteiger partial charge in [0.2, 0.25) is 14.2 Å². The molecule has 2 aromatic heterocycles. The van der Waals surface area contributed by atoms with E-state index in [-0.39, 0.29) is 27.0 Å². The summed E-state index contributed by atoms with van der Waals surface area (Å²) in [6.07, 6.45) is 0. The van der Waals surface area contributed by atoms with E-state index in [2.05, 4.69) is 10.3 Å². The number of pyridine rings is 1. The van der Waals surface area contributed by atoms with E-state index in [1.165, 1.54) is 0 Å². The van der Waals surface area contributed by atoms with Gasteiger partial charge in [-0.2, -0.15) is 0 Å². The van der Waals surface area contributed by atoms with Crippen molar-refractivity contribution in [3.63, 3.8) is 0 Å². The summed E-state index contributed by atoms with van der Waals surface area (Å²) in [6, 6.07) is 14.6. The van der Waals surface area contributed by atoms with Crippen molar-refractivity contribution < 1.29 is 18.0 Å². The smallest absolute Gasteiger partial charge is 0.262 e. The fourth-order valence-electron chi connectivity index (χ4n) is 3.57. The molecule has 1 aliphatic rings. The standard InChI is InChI=1S/C21H14N4O5S2/c22-18-17-13(19(27)24-20(17)28)9-16(26)25(18)12-6-7-14-15(8-12)31-21(23-14)32(29,30)10-11-4-2-1-3-5-11/h1-9H,10,22H2,(H,24,27,28). The Morgan fingerprint density at radius 2 is 1.75 bits per heavy atom. The van der Waals surface area contributed by atoms with E-state index < -0.39 is 27.2 Å². The fraction of sp³-hybridized carbons (Fsp3) is 0.0476. The van der Waals surface area contributed by atoms with Gasteiger partial charge in [-0.1, -0.05) is 30.3 Å². The molecule has 0 unspecified atom stereocenters. The number of nitrogen functional groups attached to an aromatic ring is 1. The maximum absolute atomic E-state index is 12.8. The van der Waals surface area contributed by atoms with Gasteiger partial charge >= 0.3 is 0 Å². The lowest BCUT2D eigenvalue weighted by molar-refractivity contribution is 0.0880. The number of amides is 2. The highest BCUT2D eigenvalue weighted by Gasteiger charge is 2.32. The zero-order chi connectivity index (χ0) is 22.6. The Morgan fingerprint density at radius 1 is 1.00 bits per heavy atom. The molecule has 0 aliphatic carbocycles. The van der Waals surface area contributed by atoms with Crippen molar-refractivity contribution in [3.05, 3.63) is 81.6 Å². The molecule has 2 aromatic carbocycles. The van der Waals surface area contributed by atoms with Gasteiger partial charge in [0, 0.05) is 6.07 Å². The highest BCUT2D eigenvalue weighted by atomic mass is 32.2. The van der Waals surface area contributed by atoms with Crippen LogP contribution < -0.4 is 16.6 Å². The van der Waals surface area contributed by atoms with Gasteiger partial charge in [-0.15, -0.1) is 11.3 Å². The number of nitrogens with zero attached hydrogens (tertiary/aromatic N) is 2. The first kappa shape index (κ1) is 20.1. The number of hydrogen-bond donors (Lipinski definition) is 2. The number of nitrogens with one attached hydrogen (secondary N) is 1. The number of carbonyl (C=O) groups is 2. The van der Waals surface area contributed by atoms with Gasteiger partial charge < -0.3 is 5.73 Å². The van der Waals surface area contributed by atoms with Crippen LogP contribution in [0.25, 0.3) is 15.9 Å². The summed E-state index contributed by atoms with van der Waals surface area (Å²) in [5.41, 5.74) is 6.77. The number of imide groups is 1. The summed E-state index contributed by atoms with van der Waals surface area (Å²) in [5.74, 6) is -1.70. The monoisotopic (exact) mass is 466 g/mol. The Labute approximate surface area is 185 Å². The number of thiazole rings is 1. The lowest BCUT2D eigenvalue weighted by Crippen LogP contribution is -2.24. The number of hydrogen-bond acceptors (Lipinski definition) is 8. The highest BCUT2D eigenvalue weighted by molar-refractivity contribution is 7.92. The molecular formula is C21H14N4O5S2. The molecule has 0 saturated heterocycles. The number of rotatable bonds is 4. The van der Waals surface area contributed by atoms with Crippen molar-refractivity contribution in [2.45, 2.75) is 10.1 Å². The van der Waals surface area contributed by atoms with Gasteiger partial charge in [0.25, 0.3) is 17.4 Å². The second kappa shape index (κ2) is 7.11. The molecule has 5 rings (SSSR count). The maximum Gasteiger partial charge on any atom is 0.262 e. The molecule has 9 nitrogen and oxygen atoms in total. The van der Waals surface area contributed by atoms with Crippen LogP contribution in [0.4, 0.5) is 5.82 Å². The van der Waals surface area contributed by atoms with Crippen LogP contribution in [0.15, 0.2) is 63.7 Å². The molecule has 0 spiro atoms. The quantitative estimate of drug-likeness (QED) is 0.438. The Hall–Kier alpha value is -3.83. The van der Waals surface area contributed by atoms with Crippen LogP contribution in [0, 0.1) is 0 Å². The minimum Gasteiger partial charge on any atom is -0.384 e. The van der Waals surface area contributed by atoms with Crippen molar-refractivity contribution in [3.8, 4) is 5.69 Å². The van der Waals surface area contributed by atoms with E-state index in [0.717, 1.165) is 22.0 Å². The number of carbonyl (C=O) groups excluding carboxylic acids is 2. The number of fused-ring (bicyclic) bond motifs is 2. The number of sulfone groups is 1. The number of benzene rings is 2. The van der Waals surface area contributed by atoms with Crippen LogP contribution >= 0.6 is 11.3 Å².